The molecule has 0 aromatic rings. The Hall–Kier alpha value is -0.560. The van der Waals surface area contributed by atoms with E-state index in [-0.39, 0.29) is 0 Å². The summed E-state index contributed by atoms with van der Waals surface area (Å²) in [5.74, 6) is 0.580. The average Bonchev–Trinajstić information content (AvgIpc) is 2.02. The molecule has 1 rings (SSSR count). The van der Waals surface area contributed by atoms with Gasteiger partial charge in [-0.2, -0.15) is 0 Å². The predicted molar refractivity (Wildman–Crippen MR) is 58.5 cm³/mol. The van der Waals surface area contributed by atoms with Crippen LogP contribution in [0.2, 0.25) is 0 Å². The molecule has 1 aliphatic rings. The lowest BCUT2D eigenvalue weighted by Gasteiger charge is -2.30. The molecule has 0 aromatic carbocycles. The van der Waals surface area contributed by atoms with E-state index in [4.69, 9.17) is 5.73 Å². The second-order valence-electron chi connectivity index (χ2n) is 4.72. The van der Waals surface area contributed by atoms with E-state index in [9.17, 15) is 0 Å². The van der Waals surface area contributed by atoms with Gasteiger partial charge in [-0.05, 0) is 37.1 Å². The summed E-state index contributed by atoms with van der Waals surface area (Å²) in [7, 11) is 0. The maximum Gasteiger partial charge on any atom is -0.00250 e. The number of rotatable bonds is 3. The van der Waals surface area contributed by atoms with Crippen molar-refractivity contribution in [3.05, 3.63) is 24.3 Å². The van der Waals surface area contributed by atoms with Crippen LogP contribution in [0.1, 0.15) is 33.1 Å². The topological polar surface area (TPSA) is 26.0 Å². The van der Waals surface area contributed by atoms with Gasteiger partial charge in [-0.25, -0.2) is 0 Å². The first-order chi connectivity index (χ1) is 6.05. The molecule has 0 amide bonds. The van der Waals surface area contributed by atoms with Gasteiger partial charge in [-0.15, -0.1) is 0 Å². The molecule has 1 heteroatoms. The zero-order valence-corrected chi connectivity index (χ0v) is 8.84. The van der Waals surface area contributed by atoms with Crippen LogP contribution >= 0.6 is 0 Å². The van der Waals surface area contributed by atoms with Crippen LogP contribution in [-0.2, 0) is 0 Å². The Kier molecular flexibility index (Phi) is 3.32. The molecule has 1 nitrogen and oxygen atoms in total. The number of hydrogen-bond donors (Lipinski definition) is 1. The summed E-state index contributed by atoms with van der Waals surface area (Å²) in [5.41, 5.74) is 7.18. The number of allylic oxidation sites excluding steroid dienone is 3. The SMILES string of the molecule is C=C1CC(C)(C)C=CC1CCCN. The van der Waals surface area contributed by atoms with Gasteiger partial charge in [0.25, 0.3) is 0 Å². The molecule has 0 aromatic heterocycles. The van der Waals surface area contributed by atoms with Crippen LogP contribution in [0.15, 0.2) is 24.3 Å². The Balaban J connectivity index is 2.55. The average molecular weight is 179 g/mol. The largest absolute Gasteiger partial charge is 0.330 e. The summed E-state index contributed by atoms with van der Waals surface area (Å²) in [6.07, 6.45) is 8.03. The van der Waals surface area contributed by atoms with Crippen LogP contribution in [0.3, 0.4) is 0 Å². The fourth-order valence-electron chi connectivity index (χ4n) is 1.93. The first-order valence-electron chi connectivity index (χ1n) is 5.12. The van der Waals surface area contributed by atoms with Crippen LogP contribution in [-0.4, -0.2) is 6.54 Å². The first kappa shape index (κ1) is 10.5. The maximum absolute atomic E-state index is 5.49. The van der Waals surface area contributed by atoms with Crippen LogP contribution in [0.25, 0.3) is 0 Å². The predicted octanol–water partition coefficient (Wildman–Crippen LogP) is 2.88. The zero-order chi connectivity index (χ0) is 9.90. The molecule has 1 atom stereocenters. The van der Waals surface area contributed by atoms with Crippen molar-refractivity contribution in [3.8, 4) is 0 Å². The van der Waals surface area contributed by atoms with Gasteiger partial charge in [-0.1, -0.05) is 38.2 Å². The van der Waals surface area contributed by atoms with E-state index in [1.165, 1.54) is 12.0 Å². The first-order valence-corrected chi connectivity index (χ1v) is 5.12. The smallest absolute Gasteiger partial charge is 0.00250 e. The lowest BCUT2D eigenvalue weighted by Crippen LogP contribution is -2.18. The van der Waals surface area contributed by atoms with E-state index in [0.29, 0.717) is 11.3 Å². The van der Waals surface area contributed by atoms with Crippen LogP contribution in [0, 0.1) is 11.3 Å². The highest BCUT2D eigenvalue weighted by atomic mass is 14.5. The summed E-state index contributed by atoms with van der Waals surface area (Å²) in [4.78, 5) is 0. The standard InChI is InChI=1S/C12H21N/c1-10-9-12(2,3)7-6-11(10)5-4-8-13/h6-7,11H,1,4-5,8-9,13H2,2-3H3. The Morgan fingerprint density at radius 2 is 2.31 bits per heavy atom. The molecule has 0 radical (unpaired) electrons. The molecule has 0 aliphatic heterocycles. The van der Waals surface area contributed by atoms with Crippen LogP contribution in [0.5, 0.6) is 0 Å². The van der Waals surface area contributed by atoms with E-state index >= 15 is 0 Å². The van der Waals surface area contributed by atoms with Crippen molar-refractivity contribution in [2.45, 2.75) is 33.1 Å². The molecule has 0 bridgehead atoms. The lowest BCUT2D eigenvalue weighted by atomic mass is 9.75. The molecule has 2 N–H and O–H groups in total. The molecule has 0 fully saturated rings. The summed E-state index contributed by atoms with van der Waals surface area (Å²) in [5, 5.41) is 0. The van der Waals surface area contributed by atoms with Gasteiger partial charge >= 0.3 is 0 Å². The highest BCUT2D eigenvalue weighted by molar-refractivity contribution is 5.20. The lowest BCUT2D eigenvalue weighted by molar-refractivity contribution is 0.423. The normalized spacial score (nSPS) is 26.4. The Labute approximate surface area is 81.7 Å². The fourth-order valence-corrected chi connectivity index (χ4v) is 1.93. The second-order valence-corrected chi connectivity index (χ2v) is 4.72. The number of hydrogen-bond acceptors (Lipinski definition) is 1. The van der Waals surface area contributed by atoms with Gasteiger partial charge in [0, 0.05) is 0 Å². The van der Waals surface area contributed by atoms with Crippen LogP contribution in [0.4, 0.5) is 0 Å². The molecule has 0 saturated carbocycles. The molecule has 0 saturated heterocycles. The fraction of sp³-hybridized carbons (Fsp3) is 0.667. The van der Waals surface area contributed by atoms with E-state index in [0.717, 1.165) is 19.4 Å². The molecule has 13 heavy (non-hydrogen) atoms. The Morgan fingerprint density at radius 1 is 1.62 bits per heavy atom. The molecule has 0 spiro atoms. The minimum absolute atomic E-state index is 0.316. The minimum Gasteiger partial charge on any atom is -0.330 e. The zero-order valence-electron chi connectivity index (χ0n) is 8.84. The van der Waals surface area contributed by atoms with E-state index < -0.39 is 0 Å². The molecule has 0 heterocycles. The van der Waals surface area contributed by atoms with Crippen molar-refractivity contribution in [2.75, 3.05) is 6.54 Å². The van der Waals surface area contributed by atoms with Crippen molar-refractivity contribution in [2.24, 2.45) is 17.1 Å². The van der Waals surface area contributed by atoms with Crippen molar-refractivity contribution in [1.82, 2.24) is 0 Å². The minimum atomic E-state index is 0.316. The van der Waals surface area contributed by atoms with Gasteiger partial charge in [0.1, 0.15) is 0 Å². The molecular weight excluding hydrogens is 158 g/mol. The molecule has 1 aliphatic carbocycles. The highest BCUT2D eigenvalue weighted by Gasteiger charge is 2.23. The van der Waals surface area contributed by atoms with Crippen molar-refractivity contribution in [3.63, 3.8) is 0 Å². The van der Waals surface area contributed by atoms with Gasteiger partial charge in [0.2, 0.25) is 0 Å². The van der Waals surface area contributed by atoms with Gasteiger partial charge in [0.05, 0.1) is 0 Å². The van der Waals surface area contributed by atoms with Crippen molar-refractivity contribution < 1.29 is 0 Å². The van der Waals surface area contributed by atoms with Gasteiger partial charge in [0.15, 0.2) is 0 Å². The third-order valence-electron chi connectivity index (χ3n) is 2.71. The monoisotopic (exact) mass is 179 g/mol. The number of nitrogens with two attached hydrogens (primary N) is 1. The summed E-state index contributed by atoms with van der Waals surface area (Å²) in [6, 6.07) is 0. The van der Waals surface area contributed by atoms with Crippen LogP contribution < -0.4 is 5.73 Å². The second kappa shape index (κ2) is 4.10. The van der Waals surface area contributed by atoms with Gasteiger partial charge in [-0.3, -0.25) is 0 Å². The van der Waals surface area contributed by atoms with E-state index in [2.05, 4.69) is 32.6 Å². The Bertz CT molecular complexity index is 213. The van der Waals surface area contributed by atoms with Gasteiger partial charge < -0.3 is 5.73 Å². The quantitative estimate of drug-likeness (QED) is 0.662. The third kappa shape index (κ3) is 3.00. The van der Waals surface area contributed by atoms with E-state index in [1.807, 2.05) is 0 Å². The Morgan fingerprint density at radius 3 is 2.85 bits per heavy atom. The van der Waals surface area contributed by atoms with E-state index in [1.54, 1.807) is 0 Å². The highest BCUT2D eigenvalue weighted by Crippen LogP contribution is 2.36. The summed E-state index contributed by atoms with van der Waals surface area (Å²) in [6.45, 7) is 9.46. The third-order valence-corrected chi connectivity index (χ3v) is 2.71. The maximum atomic E-state index is 5.49. The molecule has 74 valence electrons. The summed E-state index contributed by atoms with van der Waals surface area (Å²) >= 11 is 0. The summed E-state index contributed by atoms with van der Waals surface area (Å²) < 4.78 is 0. The van der Waals surface area contributed by atoms with Crippen molar-refractivity contribution in [1.29, 1.82) is 0 Å². The van der Waals surface area contributed by atoms with Crippen molar-refractivity contribution >= 4 is 0 Å². The molecular formula is C12H21N. The molecule has 1 unspecified atom stereocenters.